The van der Waals surface area contributed by atoms with Crippen LogP contribution in [0.25, 0.3) is 11.1 Å². The van der Waals surface area contributed by atoms with E-state index in [1.807, 2.05) is 0 Å². The predicted molar refractivity (Wildman–Crippen MR) is 71.0 cm³/mol. The number of hydrogen-bond donors (Lipinski definition) is 0. The summed E-state index contributed by atoms with van der Waals surface area (Å²) >= 11 is 0. The van der Waals surface area contributed by atoms with Crippen LogP contribution in [0, 0.1) is 0 Å². The van der Waals surface area contributed by atoms with E-state index in [4.69, 9.17) is 4.74 Å². The maximum Gasteiger partial charge on any atom is 0.422 e. The Morgan fingerprint density at radius 1 is 1.23 bits per heavy atom. The highest BCUT2D eigenvalue weighted by Gasteiger charge is 2.29. The van der Waals surface area contributed by atoms with Gasteiger partial charge in [-0.1, -0.05) is 12.1 Å². The summed E-state index contributed by atoms with van der Waals surface area (Å²) in [6.45, 7) is -1.48. The average molecular weight is 312 g/mol. The third-order valence-corrected chi connectivity index (χ3v) is 2.70. The molecule has 0 bridgehead atoms. The molecule has 5 nitrogen and oxygen atoms in total. The third kappa shape index (κ3) is 3.72. The second-order valence-corrected chi connectivity index (χ2v) is 4.20. The fourth-order valence-corrected chi connectivity index (χ4v) is 1.76. The number of alkyl halides is 3. The molecule has 2 rings (SSSR count). The lowest BCUT2D eigenvalue weighted by atomic mass is 10.0. The van der Waals surface area contributed by atoms with E-state index in [0.717, 1.165) is 0 Å². The summed E-state index contributed by atoms with van der Waals surface area (Å²) in [6.07, 6.45) is -1.24. The van der Waals surface area contributed by atoms with Crippen LogP contribution in [-0.4, -0.2) is 36.1 Å². The molecule has 0 saturated carbocycles. The quantitative estimate of drug-likeness (QED) is 0.794. The Morgan fingerprint density at radius 3 is 2.45 bits per heavy atom. The van der Waals surface area contributed by atoms with Crippen molar-refractivity contribution in [1.29, 1.82) is 0 Å². The smallest absolute Gasteiger partial charge is 0.422 e. The summed E-state index contributed by atoms with van der Waals surface area (Å²) in [7, 11) is 1.40. The van der Waals surface area contributed by atoms with E-state index in [1.165, 1.54) is 31.6 Å². The van der Waals surface area contributed by atoms with E-state index in [0.29, 0.717) is 17.4 Å². The molecular weight excluding hydrogens is 301 g/mol. The molecule has 0 aliphatic heterocycles. The number of nitrogens with zero attached hydrogens (tertiary/aromatic N) is 2. The predicted octanol–water partition coefficient (Wildman–Crippen LogP) is 2.91. The fourth-order valence-electron chi connectivity index (χ4n) is 1.76. The van der Waals surface area contributed by atoms with Gasteiger partial charge >= 0.3 is 12.2 Å². The van der Waals surface area contributed by atoms with E-state index >= 15 is 0 Å². The molecule has 0 aliphatic rings. The highest BCUT2D eigenvalue weighted by Crippen LogP contribution is 2.30. The van der Waals surface area contributed by atoms with Gasteiger partial charge in [0, 0.05) is 18.0 Å². The number of rotatable bonds is 5. The monoisotopic (exact) mass is 312 g/mol. The lowest BCUT2D eigenvalue weighted by molar-refractivity contribution is -0.153. The van der Waals surface area contributed by atoms with Gasteiger partial charge in [-0.25, -0.2) is 9.97 Å². The van der Waals surface area contributed by atoms with Crippen molar-refractivity contribution in [3.8, 4) is 22.9 Å². The molecule has 0 saturated heterocycles. The molecule has 0 amide bonds. The van der Waals surface area contributed by atoms with Crippen LogP contribution in [0.2, 0.25) is 0 Å². The lowest BCUT2D eigenvalue weighted by Crippen LogP contribution is -2.19. The summed E-state index contributed by atoms with van der Waals surface area (Å²) in [5.41, 5.74) is 0.832. The van der Waals surface area contributed by atoms with Gasteiger partial charge in [-0.2, -0.15) is 13.2 Å². The van der Waals surface area contributed by atoms with Crippen molar-refractivity contribution in [1.82, 2.24) is 9.97 Å². The molecule has 116 valence electrons. The molecule has 0 radical (unpaired) electrons. The van der Waals surface area contributed by atoms with Gasteiger partial charge in [0.1, 0.15) is 5.75 Å². The van der Waals surface area contributed by atoms with Crippen LogP contribution in [0.5, 0.6) is 11.8 Å². The van der Waals surface area contributed by atoms with Crippen molar-refractivity contribution in [2.75, 3.05) is 13.7 Å². The number of carbonyl (C=O) groups is 1. The number of methoxy groups -OCH3 is 1. The largest absolute Gasteiger partial charge is 0.483 e. The van der Waals surface area contributed by atoms with Crippen molar-refractivity contribution in [3.63, 3.8) is 0 Å². The fraction of sp³-hybridized carbons (Fsp3) is 0.214. The standard InChI is InChI=1S/C14H11F3N2O3/c1-21-13-18-5-9(6-19-13)10-3-2-4-12(11(10)7-20)22-8-14(15,16)17/h2-7H,8H2,1H3. The van der Waals surface area contributed by atoms with Gasteiger partial charge < -0.3 is 9.47 Å². The molecule has 0 spiro atoms. The number of aromatic nitrogens is 2. The minimum Gasteiger partial charge on any atom is -0.483 e. The molecule has 0 fully saturated rings. The van der Waals surface area contributed by atoms with E-state index in [-0.39, 0.29) is 17.3 Å². The summed E-state index contributed by atoms with van der Waals surface area (Å²) in [4.78, 5) is 19.0. The molecule has 1 aromatic carbocycles. The van der Waals surface area contributed by atoms with Crippen LogP contribution >= 0.6 is 0 Å². The molecule has 22 heavy (non-hydrogen) atoms. The molecule has 8 heteroatoms. The van der Waals surface area contributed by atoms with Gasteiger partial charge in [-0.15, -0.1) is 0 Å². The van der Waals surface area contributed by atoms with E-state index in [1.54, 1.807) is 6.07 Å². The van der Waals surface area contributed by atoms with Crippen molar-refractivity contribution >= 4 is 6.29 Å². The third-order valence-electron chi connectivity index (χ3n) is 2.70. The maximum atomic E-state index is 12.2. The zero-order chi connectivity index (χ0) is 16.2. The Morgan fingerprint density at radius 2 is 1.91 bits per heavy atom. The zero-order valence-electron chi connectivity index (χ0n) is 11.4. The second kappa shape index (κ2) is 6.42. The van der Waals surface area contributed by atoms with E-state index in [9.17, 15) is 18.0 Å². The van der Waals surface area contributed by atoms with Gasteiger partial charge in [0.25, 0.3) is 0 Å². The summed E-state index contributed by atoms with van der Waals surface area (Å²) in [5, 5.41) is 0. The molecule has 0 N–H and O–H groups in total. The van der Waals surface area contributed by atoms with Crippen LogP contribution < -0.4 is 9.47 Å². The van der Waals surface area contributed by atoms with Crippen molar-refractivity contribution in [2.24, 2.45) is 0 Å². The second-order valence-electron chi connectivity index (χ2n) is 4.20. The van der Waals surface area contributed by atoms with Gasteiger partial charge in [0.2, 0.25) is 0 Å². The van der Waals surface area contributed by atoms with Gasteiger partial charge in [0.15, 0.2) is 12.9 Å². The van der Waals surface area contributed by atoms with Crippen LogP contribution in [0.15, 0.2) is 30.6 Å². The highest BCUT2D eigenvalue weighted by atomic mass is 19.4. The normalized spacial score (nSPS) is 11.1. The van der Waals surface area contributed by atoms with Gasteiger partial charge in [0.05, 0.1) is 12.7 Å². The van der Waals surface area contributed by atoms with Crippen LogP contribution in [0.3, 0.4) is 0 Å². The molecule has 1 aromatic heterocycles. The molecule has 0 unspecified atom stereocenters. The summed E-state index contributed by atoms with van der Waals surface area (Å²) in [5.74, 6) is -0.152. The first-order valence-electron chi connectivity index (χ1n) is 6.09. The minimum absolute atomic E-state index is 0.000479. The molecular formula is C14H11F3N2O3. The Bertz CT molecular complexity index is 657. The van der Waals surface area contributed by atoms with E-state index < -0.39 is 12.8 Å². The SMILES string of the molecule is COc1ncc(-c2cccc(OCC(F)(F)F)c2C=O)cn1. The number of halogens is 3. The van der Waals surface area contributed by atoms with Crippen LogP contribution in [0.4, 0.5) is 13.2 Å². The summed E-state index contributed by atoms with van der Waals surface area (Å²) < 4.78 is 46.2. The lowest BCUT2D eigenvalue weighted by Gasteiger charge is -2.13. The minimum atomic E-state index is -4.49. The number of carbonyl (C=O) groups excluding carboxylic acids is 1. The van der Waals surface area contributed by atoms with Crippen LogP contribution in [-0.2, 0) is 0 Å². The van der Waals surface area contributed by atoms with Crippen molar-refractivity contribution in [3.05, 3.63) is 36.2 Å². The van der Waals surface area contributed by atoms with Crippen LogP contribution in [0.1, 0.15) is 10.4 Å². The molecule has 2 aromatic rings. The highest BCUT2D eigenvalue weighted by molar-refractivity contribution is 5.90. The number of ether oxygens (including phenoxy) is 2. The Hall–Kier alpha value is -2.64. The summed E-state index contributed by atoms with van der Waals surface area (Å²) in [6, 6.07) is 4.48. The first kappa shape index (κ1) is 15.7. The topological polar surface area (TPSA) is 61.3 Å². The maximum absolute atomic E-state index is 12.2. The molecule has 0 aliphatic carbocycles. The number of aldehydes is 1. The first-order chi connectivity index (χ1) is 10.4. The van der Waals surface area contributed by atoms with Gasteiger partial charge in [-0.3, -0.25) is 4.79 Å². The van der Waals surface area contributed by atoms with Gasteiger partial charge in [-0.05, 0) is 11.6 Å². The Kier molecular flexibility index (Phi) is 4.59. The average Bonchev–Trinajstić information content (AvgIpc) is 2.51. The Labute approximate surface area is 123 Å². The first-order valence-corrected chi connectivity index (χ1v) is 6.09. The zero-order valence-corrected chi connectivity index (χ0v) is 11.4. The Balaban J connectivity index is 2.37. The molecule has 0 atom stereocenters. The number of benzene rings is 1. The number of hydrogen-bond acceptors (Lipinski definition) is 5. The van der Waals surface area contributed by atoms with Crippen molar-refractivity contribution in [2.45, 2.75) is 6.18 Å². The van der Waals surface area contributed by atoms with E-state index in [2.05, 4.69) is 14.7 Å². The van der Waals surface area contributed by atoms with Crippen molar-refractivity contribution < 1.29 is 27.4 Å². The molecule has 1 heterocycles.